The lowest BCUT2D eigenvalue weighted by Gasteiger charge is -2.24. The van der Waals surface area contributed by atoms with Crippen LogP contribution in [0.25, 0.3) is 0 Å². The van der Waals surface area contributed by atoms with Gasteiger partial charge in [-0.3, -0.25) is 0 Å². The summed E-state index contributed by atoms with van der Waals surface area (Å²) in [7, 11) is 0. The van der Waals surface area contributed by atoms with Crippen LogP contribution in [0.2, 0.25) is 5.02 Å². The molecule has 0 aromatic heterocycles. The predicted molar refractivity (Wildman–Crippen MR) is 74.7 cm³/mol. The monoisotopic (exact) mass is 264 g/mol. The minimum Gasteiger partial charge on any atom is -0.388 e. The van der Waals surface area contributed by atoms with Gasteiger partial charge in [-0.05, 0) is 67.6 Å². The minimum absolute atomic E-state index is 0.315. The molecule has 4 atom stereocenters. The molecule has 0 radical (unpaired) electrons. The van der Waals surface area contributed by atoms with Gasteiger partial charge in [-0.25, -0.2) is 0 Å². The zero-order valence-corrected chi connectivity index (χ0v) is 11.7. The van der Waals surface area contributed by atoms with Crippen molar-refractivity contribution in [2.75, 3.05) is 0 Å². The molecule has 2 aliphatic rings. The highest BCUT2D eigenvalue weighted by Crippen LogP contribution is 2.50. The largest absolute Gasteiger partial charge is 0.388 e. The quantitative estimate of drug-likeness (QED) is 0.852. The van der Waals surface area contributed by atoms with Crippen molar-refractivity contribution in [1.29, 1.82) is 0 Å². The average Bonchev–Trinajstić information content (AvgIpc) is 2.94. The summed E-state index contributed by atoms with van der Waals surface area (Å²) < 4.78 is 0. The summed E-state index contributed by atoms with van der Waals surface area (Å²) in [6.07, 6.45) is 6.19. The van der Waals surface area contributed by atoms with Crippen LogP contribution < -0.4 is 0 Å². The molecular formula is C16H21ClO. The molecule has 1 nitrogen and oxygen atoms in total. The highest BCUT2D eigenvalue weighted by atomic mass is 35.5. The van der Waals surface area contributed by atoms with E-state index in [1.807, 2.05) is 25.1 Å². The molecule has 2 saturated carbocycles. The molecule has 1 N–H and O–H groups in total. The Morgan fingerprint density at radius 3 is 2.78 bits per heavy atom. The average molecular weight is 265 g/mol. The summed E-state index contributed by atoms with van der Waals surface area (Å²) in [6, 6.07) is 5.89. The summed E-state index contributed by atoms with van der Waals surface area (Å²) in [5, 5.41) is 11.2. The van der Waals surface area contributed by atoms with Gasteiger partial charge in [-0.15, -0.1) is 0 Å². The summed E-state index contributed by atoms with van der Waals surface area (Å²) in [5.74, 6) is 2.59. The van der Waals surface area contributed by atoms with E-state index in [1.54, 1.807) is 0 Å². The van der Waals surface area contributed by atoms with Crippen molar-refractivity contribution in [1.82, 2.24) is 0 Å². The Morgan fingerprint density at radius 2 is 2.17 bits per heavy atom. The zero-order valence-electron chi connectivity index (χ0n) is 10.9. The molecule has 2 bridgehead atoms. The van der Waals surface area contributed by atoms with E-state index in [4.69, 9.17) is 11.6 Å². The SMILES string of the molecule is Cc1cc(C(O)CC2CC3CCC2C3)ccc1Cl. The molecule has 0 heterocycles. The standard InChI is InChI=1S/C16H21ClO/c1-10-6-13(4-5-15(10)17)16(18)9-14-8-11-2-3-12(14)7-11/h4-6,11-12,14,16,18H,2-3,7-9H2,1H3. The van der Waals surface area contributed by atoms with Gasteiger partial charge >= 0.3 is 0 Å². The Morgan fingerprint density at radius 1 is 1.33 bits per heavy atom. The fourth-order valence-corrected chi connectivity index (χ4v) is 4.08. The first-order valence-corrected chi connectivity index (χ1v) is 7.45. The van der Waals surface area contributed by atoms with Crippen LogP contribution >= 0.6 is 11.6 Å². The van der Waals surface area contributed by atoms with E-state index in [0.717, 1.165) is 40.3 Å². The van der Waals surface area contributed by atoms with Crippen LogP contribution in [0, 0.1) is 24.7 Å². The molecule has 4 unspecified atom stereocenters. The van der Waals surface area contributed by atoms with E-state index in [9.17, 15) is 5.11 Å². The van der Waals surface area contributed by atoms with Gasteiger partial charge < -0.3 is 5.11 Å². The Balaban J connectivity index is 1.67. The number of aryl methyl sites for hydroxylation is 1. The van der Waals surface area contributed by atoms with E-state index in [-0.39, 0.29) is 6.10 Å². The third-order valence-electron chi connectivity index (χ3n) is 4.98. The van der Waals surface area contributed by atoms with Crippen LogP contribution in [0.1, 0.15) is 49.3 Å². The first-order chi connectivity index (χ1) is 8.63. The Labute approximate surface area is 114 Å². The first kappa shape index (κ1) is 12.5. The van der Waals surface area contributed by atoms with E-state index < -0.39 is 0 Å². The van der Waals surface area contributed by atoms with Crippen molar-refractivity contribution in [3.63, 3.8) is 0 Å². The minimum atomic E-state index is -0.315. The van der Waals surface area contributed by atoms with Crippen molar-refractivity contribution in [3.05, 3.63) is 34.3 Å². The van der Waals surface area contributed by atoms with Crippen LogP contribution in [-0.4, -0.2) is 5.11 Å². The molecule has 0 aliphatic heterocycles. The number of aliphatic hydroxyl groups excluding tert-OH is 1. The summed E-state index contributed by atoms with van der Waals surface area (Å²) in [6.45, 7) is 2.00. The number of benzene rings is 1. The number of rotatable bonds is 3. The molecule has 2 fully saturated rings. The lowest BCUT2D eigenvalue weighted by atomic mass is 9.83. The first-order valence-electron chi connectivity index (χ1n) is 7.07. The van der Waals surface area contributed by atoms with Gasteiger partial charge in [0.05, 0.1) is 6.10 Å². The third-order valence-corrected chi connectivity index (χ3v) is 5.40. The number of halogens is 1. The maximum Gasteiger partial charge on any atom is 0.0792 e. The van der Waals surface area contributed by atoms with Gasteiger partial charge in [0.25, 0.3) is 0 Å². The Kier molecular flexibility index (Phi) is 3.38. The Hall–Kier alpha value is -0.530. The number of aliphatic hydroxyl groups is 1. The van der Waals surface area contributed by atoms with Crippen molar-refractivity contribution < 1.29 is 5.11 Å². The van der Waals surface area contributed by atoms with Gasteiger partial charge in [-0.2, -0.15) is 0 Å². The maximum atomic E-state index is 10.4. The second-order valence-corrected chi connectivity index (χ2v) is 6.60. The Bertz CT molecular complexity index is 443. The third kappa shape index (κ3) is 2.31. The van der Waals surface area contributed by atoms with Gasteiger partial charge in [0.2, 0.25) is 0 Å². The van der Waals surface area contributed by atoms with Crippen LogP contribution in [0.5, 0.6) is 0 Å². The second kappa shape index (κ2) is 4.86. The zero-order chi connectivity index (χ0) is 12.7. The molecule has 18 heavy (non-hydrogen) atoms. The summed E-state index contributed by atoms with van der Waals surface area (Å²) in [5.41, 5.74) is 2.08. The molecule has 2 aliphatic carbocycles. The lowest BCUT2D eigenvalue weighted by molar-refractivity contribution is 0.125. The predicted octanol–water partition coefficient (Wildman–Crippen LogP) is 4.51. The topological polar surface area (TPSA) is 20.2 Å². The molecule has 1 aromatic rings. The van der Waals surface area contributed by atoms with Gasteiger partial charge in [0.1, 0.15) is 0 Å². The molecule has 0 spiro atoms. The normalized spacial score (nSPS) is 31.8. The van der Waals surface area contributed by atoms with E-state index in [1.165, 1.54) is 25.7 Å². The van der Waals surface area contributed by atoms with Gasteiger partial charge in [0.15, 0.2) is 0 Å². The lowest BCUT2D eigenvalue weighted by Crippen LogP contribution is -2.14. The van der Waals surface area contributed by atoms with Crippen LogP contribution in [0.4, 0.5) is 0 Å². The number of hydrogen-bond acceptors (Lipinski definition) is 1. The van der Waals surface area contributed by atoms with Crippen LogP contribution in [0.15, 0.2) is 18.2 Å². The number of fused-ring (bicyclic) bond motifs is 2. The fraction of sp³-hybridized carbons (Fsp3) is 0.625. The van der Waals surface area contributed by atoms with Crippen molar-refractivity contribution >= 4 is 11.6 Å². The van der Waals surface area contributed by atoms with E-state index >= 15 is 0 Å². The molecule has 98 valence electrons. The fourth-order valence-electron chi connectivity index (χ4n) is 3.96. The molecule has 0 saturated heterocycles. The van der Waals surface area contributed by atoms with Crippen LogP contribution in [-0.2, 0) is 0 Å². The van der Waals surface area contributed by atoms with Crippen LogP contribution in [0.3, 0.4) is 0 Å². The second-order valence-electron chi connectivity index (χ2n) is 6.20. The molecule has 3 rings (SSSR count). The summed E-state index contributed by atoms with van der Waals surface area (Å²) >= 11 is 6.03. The van der Waals surface area contributed by atoms with E-state index in [2.05, 4.69) is 0 Å². The van der Waals surface area contributed by atoms with E-state index in [0.29, 0.717) is 0 Å². The smallest absolute Gasteiger partial charge is 0.0792 e. The molecule has 2 heteroatoms. The molecule has 1 aromatic carbocycles. The van der Waals surface area contributed by atoms with Crippen molar-refractivity contribution in [2.45, 2.75) is 45.1 Å². The molecule has 0 amide bonds. The summed E-state index contributed by atoms with van der Waals surface area (Å²) in [4.78, 5) is 0. The molecular weight excluding hydrogens is 244 g/mol. The van der Waals surface area contributed by atoms with Gasteiger partial charge in [0, 0.05) is 5.02 Å². The highest BCUT2D eigenvalue weighted by Gasteiger charge is 2.40. The van der Waals surface area contributed by atoms with Crippen molar-refractivity contribution in [3.8, 4) is 0 Å². The van der Waals surface area contributed by atoms with Crippen molar-refractivity contribution in [2.24, 2.45) is 17.8 Å². The maximum absolute atomic E-state index is 10.4. The van der Waals surface area contributed by atoms with Gasteiger partial charge in [-0.1, -0.05) is 30.2 Å². The highest BCUT2D eigenvalue weighted by molar-refractivity contribution is 6.31. The number of hydrogen-bond donors (Lipinski definition) is 1.